The number of nitro benzene ring substituents is 1. The standard InChI is InChI=1S/C48H57ClN8O5S/c1-48(2)17-13-35(42(30-48)33-5-7-36(49)8-6-33)32-55-23-25-56(26-24-55)37-9-11-41(45(28-37)62-39-27-34-14-19-51-46(34)52-31-39)47(58)53-63-40-10-12-43(44(29-40)57(59)60)50-18-4-20-54-21-15-38(61-3)16-22-54/h5-12,14,19,27-29,31,38,50H,4,13,15-18,20-26,30,32H2,1-3H3,(H,51,52)(H,53,58). The molecule has 3 N–H and O–H groups in total. The molecule has 3 aromatic carbocycles. The predicted octanol–water partition coefficient (Wildman–Crippen LogP) is 10.1. The van der Waals surface area contributed by atoms with E-state index in [1.165, 1.54) is 29.2 Å². The molecule has 0 bridgehead atoms. The average molecular weight is 894 g/mol. The lowest BCUT2D eigenvalue weighted by Crippen LogP contribution is -2.47. The third-order valence-corrected chi connectivity index (χ3v) is 13.6. The Morgan fingerprint density at radius 3 is 2.56 bits per heavy atom. The van der Waals surface area contributed by atoms with Gasteiger partial charge < -0.3 is 29.6 Å². The molecule has 1 amide bonds. The molecule has 332 valence electrons. The third kappa shape index (κ3) is 11.3. The summed E-state index contributed by atoms with van der Waals surface area (Å²) in [4.78, 5) is 41.1. The number of aromatic nitrogens is 2. The molecule has 8 rings (SSSR count). The topological polar surface area (TPSA) is 141 Å². The number of pyridine rings is 1. The summed E-state index contributed by atoms with van der Waals surface area (Å²) in [7, 11) is 1.77. The largest absolute Gasteiger partial charge is 0.455 e. The van der Waals surface area contributed by atoms with Crippen LogP contribution in [-0.4, -0.2) is 103 Å². The number of amides is 1. The molecule has 0 saturated carbocycles. The van der Waals surface area contributed by atoms with Crippen molar-refractivity contribution in [1.29, 1.82) is 0 Å². The van der Waals surface area contributed by atoms with Crippen molar-refractivity contribution in [2.45, 2.75) is 63.4 Å². The second kappa shape index (κ2) is 20.2. The Morgan fingerprint density at radius 1 is 1.00 bits per heavy atom. The fourth-order valence-corrected chi connectivity index (χ4v) is 9.66. The van der Waals surface area contributed by atoms with E-state index >= 15 is 0 Å². The van der Waals surface area contributed by atoms with Gasteiger partial charge >= 0.3 is 0 Å². The number of allylic oxidation sites excluding steroid dienone is 1. The first-order valence-electron chi connectivity index (χ1n) is 21.9. The number of benzene rings is 3. The maximum atomic E-state index is 13.9. The minimum Gasteiger partial charge on any atom is -0.455 e. The number of carbonyl (C=O) groups excluding carboxylic acids is 1. The maximum Gasteiger partial charge on any atom is 0.293 e. The summed E-state index contributed by atoms with van der Waals surface area (Å²) in [6.07, 6.45) is 10.0. The van der Waals surface area contributed by atoms with E-state index in [0.717, 1.165) is 118 Å². The Labute approximate surface area is 378 Å². The van der Waals surface area contributed by atoms with E-state index in [2.05, 4.69) is 60.7 Å². The molecule has 0 atom stereocenters. The molecule has 5 aromatic rings. The molecule has 2 aliphatic heterocycles. The number of halogens is 1. The number of anilines is 2. The summed E-state index contributed by atoms with van der Waals surface area (Å²) in [5.74, 6) is 0.503. The number of likely N-dealkylation sites (tertiary alicyclic amines) is 1. The molecule has 2 saturated heterocycles. The molecule has 4 heterocycles. The number of fused-ring (bicyclic) bond motifs is 1. The first kappa shape index (κ1) is 44.5. The Hall–Kier alpha value is -5.12. The number of aromatic amines is 1. The third-order valence-electron chi connectivity index (χ3n) is 12.6. The minimum atomic E-state index is -0.393. The van der Waals surface area contributed by atoms with Crippen LogP contribution in [0.3, 0.4) is 0 Å². The van der Waals surface area contributed by atoms with Crippen LogP contribution >= 0.6 is 23.5 Å². The van der Waals surface area contributed by atoms with E-state index in [-0.39, 0.29) is 17.0 Å². The van der Waals surface area contributed by atoms with Gasteiger partial charge in [0, 0.05) is 98.8 Å². The van der Waals surface area contributed by atoms with Crippen LogP contribution in [0.5, 0.6) is 11.5 Å². The molecule has 0 spiro atoms. The van der Waals surface area contributed by atoms with Gasteiger partial charge in [0.05, 0.1) is 22.8 Å². The van der Waals surface area contributed by atoms with Crippen molar-refractivity contribution in [3.63, 3.8) is 0 Å². The molecule has 13 nitrogen and oxygen atoms in total. The molecule has 0 unspecified atom stereocenters. The zero-order valence-corrected chi connectivity index (χ0v) is 37.9. The monoisotopic (exact) mass is 892 g/mol. The smallest absolute Gasteiger partial charge is 0.293 e. The van der Waals surface area contributed by atoms with Crippen molar-refractivity contribution in [2.75, 3.05) is 76.2 Å². The van der Waals surface area contributed by atoms with E-state index < -0.39 is 4.92 Å². The summed E-state index contributed by atoms with van der Waals surface area (Å²) in [5.41, 5.74) is 6.94. The van der Waals surface area contributed by atoms with Gasteiger partial charge in [0.15, 0.2) is 0 Å². The summed E-state index contributed by atoms with van der Waals surface area (Å²) in [6.45, 7) is 12.6. The molecule has 1 aliphatic carbocycles. The lowest BCUT2D eigenvalue weighted by atomic mass is 9.72. The van der Waals surface area contributed by atoms with Crippen LogP contribution in [0.25, 0.3) is 16.6 Å². The summed E-state index contributed by atoms with van der Waals surface area (Å²) >= 11 is 7.29. The number of nitro groups is 1. The maximum absolute atomic E-state index is 13.9. The number of nitrogens with one attached hydrogen (secondary N) is 3. The number of nitrogens with zero attached hydrogens (tertiary/aromatic N) is 5. The number of H-pyrrole nitrogens is 1. The van der Waals surface area contributed by atoms with Crippen molar-refractivity contribution < 1.29 is 19.2 Å². The Balaban J connectivity index is 0.928. The lowest BCUT2D eigenvalue weighted by Gasteiger charge is -2.39. The van der Waals surface area contributed by atoms with Gasteiger partial charge in [0.2, 0.25) is 0 Å². The van der Waals surface area contributed by atoms with Gasteiger partial charge in [0.1, 0.15) is 22.8 Å². The molecular weight excluding hydrogens is 836 g/mol. The first-order valence-corrected chi connectivity index (χ1v) is 23.1. The predicted molar refractivity (Wildman–Crippen MR) is 253 cm³/mol. The van der Waals surface area contributed by atoms with Crippen molar-refractivity contribution in [2.24, 2.45) is 5.41 Å². The highest BCUT2D eigenvalue weighted by molar-refractivity contribution is 7.98. The SMILES string of the molecule is COC1CCN(CCCNc2ccc(SNC(=O)c3ccc(N4CCN(CC5=C(c6ccc(Cl)cc6)CC(C)(C)CC5)CC4)cc3Oc3cnc4[nH]ccc4c3)cc2[N+](=O)[O-])CC1. The van der Waals surface area contributed by atoms with Crippen molar-refractivity contribution >= 4 is 63.1 Å². The highest BCUT2D eigenvalue weighted by Gasteiger charge is 2.30. The van der Waals surface area contributed by atoms with Gasteiger partial charge in [0.25, 0.3) is 11.6 Å². The van der Waals surface area contributed by atoms with Crippen molar-refractivity contribution in [3.8, 4) is 11.5 Å². The number of piperazine rings is 1. The number of methoxy groups -OCH3 is 1. The van der Waals surface area contributed by atoms with E-state index in [0.29, 0.717) is 40.3 Å². The van der Waals surface area contributed by atoms with Gasteiger partial charge in [-0.05, 0) is 122 Å². The summed E-state index contributed by atoms with van der Waals surface area (Å²) < 4.78 is 14.8. The fourth-order valence-electron chi connectivity index (χ4n) is 8.91. The van der Waals surface area contributed by atoms with Crippen LogP contribution in [-0.2, 0) is 4.74 Å². The van der Waals surface area contributed by atoms with Crippen molar-refractivity contribution in [1.82, 2.24) is 24.5 Å². The first-order chi connectivity index (χ1) is 30.5. The van der Waals surface area contributed by atoms with Gasteiger partial charge in [-0.1, -0.05) is 43.2 Å². The highest BCUT2D eigenvalue weighted by atomic mass is 35.5. The summed E-state index contributed by atoms with van der Waals surface area (Å²) in [6, 6.07) is 22.8. The van der Waals surface area contributed by atoms with Crippen LogP contribution in [0, 0.1) is 15.5 Å². The molecular formula is C48H57ClN8O5S. The zero-order valence-electron chi connectivity index (χ0n) is 36.3. The quantitative estimate of drug-likeness (QED) is 0.0377. The molecule has 15 heteroatoms. The van der Waals surface area contributed by atoms with Crippen LogP contribution in [0.15, 0.2) is 95.7 Å². The Bertz CT molecular complexity index is 2430. The fraction of sp³-hybridized carbons (Fsp3) is 0.417. The van der Waals surface area contributed by atoms with Gasteiger partial charge in [-0.2, -0.15) is 0 Å². The summed E-state index contributed by atoms with van der Waals surface area (Å²) in [5, 5.41) is 17.0. The Morgan fingerprint density at radius 2 is 1.79 bits per heavy atom. The number of ether oxygens (including phenoxy) is 2. The number of carbonyl (C=O) groups is 1. The van der Waals surface area contributed by atoms with Gasteiger partial charge in [-0.3, -0.25) is 24.5 Å². The normalized spacial score (nSPS) is 17.6. The van der Waals surface area contributed by atoms with Crippen LogP contribution in [0.1, 0.15) is 68.3 Å². The van der Waals surface area contributed by atoms with Crippen LogP contribution < -0.4 is 19.7 Å². The lowest BCUT2D eigenvalue weighted by molar-refractivity contribution is -0.384. The molecule has 63 heavy (non-hydrogen) atoms. The van der Waals surface area contributed by atoms with Gasteiger partial charge in [-0.25, -0.2) is 4.98 Å². The highest BCUT2D eigenvalue weighted by Crippen LogP contribution is 2.43. The average Bonchev–Trinajstić information content (AvgIpc) is 3.77. The van der Waals surface area contributed by atoms with E-state index in [9.17, 15) is 14.9 Å². The number of hydrogen-bond acceptors (Lipinski definition) is 11. The van der Waals surface area contributed by atoms with E-state index in [1.807, 2.05) is 42.6 Å². The number of hydrogen-bond donors (Lipinski definition) is 3. The molecule has 0 radical (unpaired) electrons. The minimum absolute atomic E-state index is 0.0438. The Kier molecular flexibility index (Phi) is 14.2. The van der Waals surface area contributed by atoms with E-state index in [4.69, 9.17) is 21.1 Å². The molecule has 2 aromatic heterocycles. The van der Waals surface area contributed by atoms with Crippen LogP contribution in [0.2, 0.25) is 5.02 Å². The van der Waals surface area contributed by atoms with Crippen LogP contribution in [0.4, 0.5) is 17.1 Å². The van der Waals surface area contributed by atoms with Gasteiger partial charge in [-0.15, -0.1) is 0 Å². The zero-order chi connectivity index (χ0) is 43.9. The molecule has 3 aliphatic rings. The van der Waals surface area contributed by atoms with E-state index in [1.54, 1.807) is 31.5 Å². The number of rotatable bonds is 16. The number of piperidine rings is 1. The second-order valence-electron chi connectivity index (χ2n) is 17.6. The van der Waals surface area contributed by atoms with Crippen molar-refractivity contribution in [3.05, 3.63) is 117 Å². The second-order valence-corrected chi connectivity index (χ2v) is 18.9. The molecule has 2 fully saturated rings.